The van der Waals surface area contributed by atoms with Crippen molar-refractivity contribution >= 4 is 16.8 Å². The fourth-order valence-electron chi connectivity index (χ4n) is 3.69. The van der Waals surface area contributed by atoms with Gasteiger partial charge in [0, 0.05) is 6.54 Å². The van der Waals surface area contributed by atoms with Crippen molar-refractivity contribution in [2.45, 2.75) is 19.4 Å². The summed E-state index contributed by atoms with van der Waals surface area (Å²) >= 11 is 0. The Balaban J connectivity index is 1.42. The largest absolute Gasteiger partial charge is 0.354 e. The summed E-state index contributed by atoms with van der Waals surface area (Å²) in [6, 6.07) is 7.01. The smallest absolute Gasteiger partial charge is 0.278 e. The van der Waals surface area contributed by atoms with E-state index in [0.29, 0.717) is 35.2 Å². The molecule has 4 rings (SSSR count). The molecule has 2 bridgehead atoms. The minimum absolute atomic E-state index is 0.0900. The molecule has 0 saturated heterocycles. The summed E-state index contributed by atoms with van der Waals surface area (Å²) in [7, 11) is 0. The number of aromatic nitrogens is 3. The van der Waals surface area contributed by atoms with E-state index in [1.165, 1.54) is 6.42 Å². The third-order valence-corrected chi connectivity index (χ3v) is 4.90. The second kappa shape index (κ2) is 5.61. The van der Waals surface area contributed by atoms with Crippen LogP contribution in [0.5, 0.6) is 0 Å². The zero-order valence-electron chi connectivity index (χ0n) is 12.7. The molecule has 23 heavy (non-hydrogen) atoms. The third kappa shape index (κ3) is 2.65. The Labute approximate surface area is 133 Å². The van der Waals surface area contributed by atoms with Gasteiger partial charge in [-0.2, -0.15) is 0 Å². The average Bonchev–Trinajstić information content (AvgIpc) is 3.19. The topological polar surface area (TPSA) is 76.9 Å². The minimum Gasteiger partial charge on any atom is -0.354 e. The van der Waals surface area contributed by atoms with Crippen LogP contribution in [0.2, 0.25) is 0 Å². The molecule has 0 spiro atoms. The molecule has 1 fully saturated rings. The number of carbonyl (C=O) groups is 1. The summed E-state index contributed by atoms with van der Waals surface area (Å²) in [6.45, 7) is 0.577. The van der Waals surface area contributed by atoms with Crippen LogP contribution in [0.1, 0.15) is 12.8 Å². The Morgan fingerprint density at radius 1 is 1.26 bits per heavy atom. The van der Waals surface area contributed by atoms with E-state index < -0.39 is 0 Å². The maximum absolute atomic E-state index is 12.3. The fraction of sp³-hybridized carbons (Fsp3) is 0.412. The van der Waals surface area contributed by atoms with Crippen molar-refractivity contribution < 1.29 is 4.79 Å². The van der Waals surface area contributed by atoms with Gasteiger partial charge in [0.15, 0.2) is 0 Å². The summed E-state index contributed by atoms with van der Waals surface area (Å²) < 4.78 is 1.12. The van der Waals surface area contributed by atoms with Crippen LogP contribution in [-0.2, 0) is 11.3 Å². The second-order valence-electron chi connectivity index (χ2n) is 6.41. The summed E-state index contributed by atoms with van der Waals surface area (Å²) in [5, 5.41) is 11.2. The molecule has 2 aliphatic carbocycles. The first-order valence-corrected chi connectivity index (χ1v) is 7.98. The molecule has 1 saturated carbocycles. The Kier molecular flexibility index (Phi) is 3.44. The van der Waals surface area contributed by atoms with Gasteiger partial charge in [-0.25, -0.2) is 4.68 Å². The first-order valence-electron chi connectivity index (χ1n) is 7.98. The Morgan fingerprint density at radius 3 is 2.91 bits per heavy atom. The molecule has 6 nitrogen and oxygen atoms in total. The van der Waals surface area contributed by atoms with Crippen LogP contribution < -0.4 is 10.9 Å². The van der Waals surface area contributed by atoms with Crippen LogP contribution in [0.15, 0.2) is 41.2 Å². The maximum atomic E-state index is 12.3. The number of amides is 1. The number of allylic oxidation sites excluding steroid dienone is 2. The van der Waals surface area contributed by atoms with E-state index in [4.69, 9.17) is 0 Å². The van der Waals surface area contributed by atoms with Crippen molar-refractivity contribution in [2.24, 2.45) is 17.8 Å². The number of nitrogens with zero attached hydrogens (tertiary/aromatic N) is 3. The van der Waals surface area contributed by atoms with Crippen LogP contribution in [0.3, 0.4) is 0 Å². The SMILES string of the molecule is O=C(Cn1nnc2ccccc2c1=O)NC[C@H]1C[C@H]2C=C[C@H]1C2. The van der Waals surface area contributed by atoms with Gasteiger partial charge >= 0.3 is 0 Å². The second-order valence-corrected chi connectivity index (χ2v) is 6.41. The molecule has 0 aliphatic heterocycles. The normalized spacial score (nSPS) is 25.1. The first-order chi connectivity index (χ1) is 11.2. The lowest BCUT2D eigenvalue weighted by atomic mass is 9.94. The number of benzene rings is 1. The molecule has 3 atom stereocenters. The maximum Gasteiger partial charge on any atom is 0.278 e. The van der Waals surface area contributed by atoms with Crippen LogP contribution >= 0.6 is 0 Å². The molecule has 2 aromatic rings. The third-order valence-electron chi connectivity index (χ3n) is 4.90. The van der Waals surface area contributed by atoms with E-state index in [-0.39, 0.29) is 18.0 Å². The predicted octanol–water partition coefficient (Wildman–Crippen LogP) is 1.12. The molecular formula is C17H18N4O2. The van der Waals surface area contributed by atoms with E-state index >= 15 is 0 Å². The number of nitrogens with one attached hydrogen (secondary N) is 1. The lowest BCUT2D eigenvalue weighted by Crippen LogP contribution is -2.37. The molecule has 118 valence electrons. The average molecular weight is 310 g/mol. The van der Waals surface area contributed by atoms with Crippen molar-refractivity contribution in [1.29, 1.82) is 0 Å². The Hall–Kier alpha value is -2.50. The van der Waals surface area contributed by atoms with Gasteiger partial charge in [-0.05, 0) is 42.7 Å². The van der Waals surface area contributed by atoms with E-state index in [2.05, 4.69) is 27.8 Å². The van der Waals surface area contributed by atoms with Crippen molar-refractivity contribution in [1.82, 2.24) is 20.3 Å². The highest BCUT2D eigenvalue weighted by Crippen LogP contribution is 2.42. The number of hydrogen-bond acceptors (Lipinski definition) is 4. The summed E-state index contributed by atoms with van der Waals surface area (Å²) in [6.07, 6.45) is 6.92. The van der Waals surface area contributed by atoms with Crippen LogP contribution in [0.4, 0.5) is 0 Å². The number of fused-ring (bicyclic) bond motifs is 3. The highest BCUT2D eigenvalue weighted by atomic mass is 16.2. The van der Waals surface area contributed by atoms with Gasteiger partial charge in [-0.1, -0.05) is 29.5 Å². The van der Waals surface area contributed by atoms with Crippen LogP contribution in [0.25, 0.3) is 10.9 Å². The molecule has 1 heterocycles. The molecule has 1 N–H and O–H groups in total. The molecular weight excluding hydrogens is 292 g/mol. The minimum atomic E-state index is -0.284. The summed E-state index contributed by atoms with van der Waals surface area (Å²) in [4.78, 5) is 24.4. The van der Waals surface area contributed by atoms with Gasteiger partial charge in [0.25, 0.3) is 5.56 Å². The molecule has 6 heteroatoms. The van der Waals surface area contributed by atoms with Gasteiger partial charge in [0.1, 0.15) is 12.1 Å². The van der Waals surface area contributed by atoms with Crippen LogP contribution in [-0.4, -0.2) is 27.4 Å². The van der Waals surface area contributed by atoms with E-state index in [1.807, 2.05) is 0 Å². The molecule has 1 aromatic carbocycles. The predicted molar refractivity (Wildman–Crippen MR) is 85.7 cm³/mol. The lowest BCUT2D eigenvalue weighted by molar-refractivity contribution is -0.122. The van der Waals surface area contributed by atoms with Crippen molar-refractivity contribution in [2.75, 3.05) is 6.54 Å². The van der Waals surface area contributed by atoms with E-state index in [1.54, 1.807) is 24.3 Å². The highest BCUT2D eigenvalue weighted by Gasteiger charge is 2.35. The lowest BCUT2D eigenvalue weighted by Gasteiger charge is -2.18. The Morgan fingerprint density at radius 2 is 2.13 bits per heavy atom. The van der Waals surface area contributed by atoms with Gasteiger partial charge in [0.2, 0.25) is 5.91 Å². The quantitative estimate of drug-likeness (QED) is 0.859. The van der Waals surface area contributed by atoms with Gasteiger partial charge in [-0.15, -0.1) is 5.10 Å². The van der Waals surface area contributed by atoms with Gasteiger partial charge in [0.05, 0.1) is 5.39 Å². The summed E-state index contributed by atoms with van der Waals surface area (Å²) in [5.41, 5.74) is 0.261. The first kappa shape index (κ1) is 14.1. The number of rotatable bonds is 4. The van der Waals surface area contributed by atoms with E-state index in [9.17, 15) is 9.59 Å². The number of hydrogen-bond donors (Lipinski definition) is 1. The molecule has 2 aliphatic rings. The highest BCUT2D eigenvalue weighted by molar-refractivity contribution is 5.78. The van der Waals surface area contributed by atoms with Gasteiger partial charge < -0.3 is 5.32 Å². The molecule has 0 unspecified atom stereocenters. The number of carbonyl (C=O) groups excluding carboxylic acids is 1. The van der Waals surface area contributed by atoms with Gasteiger partial charge in [-0.3, -0.25) is 9.59 Å². The zero-order valence-corrected chi connectivity index (χ0v) is 12.7. The Bertz CT molecular complexity index is 842. The summed E-state index contributed by atoms with van der Waals surface area (Å²) in [5.74, 6) is 1.62. The molecule has 1 aromatic heterocycles. The molecule has 1 amide bonds. The van der Waals surface area contributed by atoms with E-state index in [0.717, 1.165) is 11.1 Å². The van der Waals surface area contributed by atoms with Crippen molar-refractivity contribution in [3.63, 3.8) is 0 Å². The van der Waals surface area contributed by atoms with Crippen molar-refractivity contribution in [3.05, 3.63) is 46.8 Å². The standard InChI is InChI=1S/C17H18N4O2/c22-16(18-9-13-8-11-5-6-12(13)7-11)10-21-17(23)14-3-1-2-4-15(14)19-20-21/h1-6,11-13H,7-10H2,(H,18,22)/t11-,12-,13+/m0/s1. The van der Waals surface area contributed by atoms with Crippen LogP contribution in [0, 0.1) is 17.8 Å². The van der Waals surface area contributed by atoms with Crippen molar-refractivity contribution in [3.8, 4) is 0 Å². The molecule has 0 radical (unpaired) electrons. The fourth-order valence-corrected chi connectivity index (χ4v) is 3.69. The monoisotopic (exact) mass is 310 g/mol. The zero-order chi connectivity index (χ0) is 15.8.